The van der Waals surface area contributed by atoms with Crippen molar-refractivity contribution in [3.8, 4) is 5.69 Å². The van der Waals surface area contributed by atoms with Gasteiger partial charge in [-0.3, -0.25) is 4.79 Å². The van der Waals surface area contributed by atoms with E-state index in [0.29, 0.717) is 11.4 Å². The monoisotopic (exact) mass is 271 g/mol. The number of hydrogen-bond donors (Lipinski definition) is 1. The van der Waals surface area contributed by atoms with Gasteiger partial charge in [0, 0.05) is 11.1 Å². The lowest BCUT2D eigenvalue weighted by Crippen LogP contribution is -2.12. The second kappa shape index (κ2) is 4.99. The van der Waals surface area contributed by atoms with Crippen molar-refractivity contribution in [1.82, 2.24) is 20.0 Å². The van der Waals surface area contributed by atoms with Crippen LogP contribution in [0.2, 0.25) is 0 Å². The zero-order valence-electron chi connectivity index (χ0n) is 9.72. The first-order valence-electron chi connectivity index (χ1n) is 5.49. The van der Waals surface area contributed by atoms with Crippen LogP contribution in [-0.2, 0) is 0 Å². The number of amides is 1. The van der Waals surface area contributed by atoms with Crippen molar-refractivity contribution in [1.29, 1.82) is 0 Å². The van der Waals surface area contributed by atoms with Crippen molar-refractivity contribution < 1.29 is 4.79 Å². The highest BCUT2D eigenvalue weighted by atomic mass is 32.1. The Morgan fingerprint density at radius 3 is 2.53 bits per heavy atom. The van der Waals surface area contributed by atoms with Crippen molar-refractivity contribution >= 4 is 22.9 Å². The van der Waals surface area contributed by atoms with E-state index in [0.717, 1.165) is 5.69 Å². The van der Waals surface area contributed by atoms with Gasteiger partial charge in [0.05, 0.1) is 23.6 Å². The highest BCUT2D eigenvalue weighted by Crippen LogP contribution is 2.13. The van der Waals surface area contributed by atoms with Gasteiger partial charge in [-0.25, -0.2) is 4.98 Å². The Labute approximate surface area is 112 Å². The van der Waals surface area contributed by atoms with Crippen LogP contribution in [0.15, 0.2) is 47.5 Å². The predicted molar refractivity (Wildman–Crippen MR) is 71.4 cm³/mol. The normalized spacial score (nSPS) is 10.3. The Hall–Kier alpha value is -2.54. The van der Waals surface area contributed by atoms with Gasteiger partial charge in [0.15, 0.2) is 0 Å². The molecule has 0 fully saturated rings. The number of rotatable bonds is 3. The van der Waals surface area contributed by atoms with Gasteiger partial charge in [-0.2, -0.15) is 15.0 Å². The number of carbonyl (C=O) groups is 1. The van der Waals surface area contributed by atoms with Gasteiger partial charge in [-0.1, -0.05) is 0 Å². The van der Waals surface area contributed by atoms with Crippen LogP contribution in [0.5, 0.6) is 0 Å². The van der Waals surface area contributed by atoms with Crippen molar-refractivity contribution in [2.45, 2.75) is 0 Å². The van der Waals surface area contributed by atoms with E-state index in [-0.39, 0.29) is 5.91 Å². The Balaban J connectivity index is 1.75. The average molecular weight is 271 g/mol. The summed E-state index contributed by atoms with van der Waals surface area (Å²) in [6.45, 7) is 0. The lowest BCUT2D eigenvalue weighted by Gasteiger charge is -2.04. The van der Waals surface area contributed by atoms with Crippen LogP contribution in [0.1, 0.15) is 10.5 Å². The summed E-state index contributed by atoms with van der Waals surface area (Å²) in [5.41, 5.74) is 3.58. The summed E-state index contributed by atoms with van der Waals surface area (Å²) in [5.74, 6) is -0.216. The molecule has 1 amide bonds. The molecular formula is C12H9N5OS. The van der Waals surface area contributed by atoms with Gasteiger partial charge >= 0.3 is 0 Å². The largest absolute Gasteiger partial charge is 0.321 e. The van der Waals surface area contributed by atoms with E-state index < -0.39 is 0 Å². The summed E-state index contributed by atoms with van der Waals surface area (Å²) in [6, 6.07) is 7.25. The fraction of sp³-hybridized carbons (Fsp3) is 0. The molecule has 0 atom stereocenters. The zero-order valence-corrected chi connectivity index (χ0v) is 10.5. The fourth-order valence-electron chi connectivity index (χ4n) is 1.55. The lowest BCUT2D eigenvalue weighted by atomic mass is 10.3. The number of aromatic nitrogens is 4. The molecule has 3 aromatic rings. The SMILES string of the molecule is O=C(Nc1ccc(-n2nccn2)cc1)c1cscn1. The molecule has 0 aliphatic heterocycles. The van der Waals surface area contributed by atoms with Gasteiger partial charge < -0.3 is 5.32 Å². The molecular weight excluding hydrogens is 262 g/mol. The molecule has 0 radical (unpaired) electrons. The van der Waals surface area contributed by atoms with Crippen LogP contribution in [0, 0.1) is 0 Å². The Morgan fingerprint density at radius 1 is 1.16 bits per heavy atom. The van der Waals surface area contributed by atoms with Gasteiger partial charge in [0.25, 0.3) is 5.91 Å². The predicted octanol–water partition coefficient (Wildman–Crippen LogP) is 1.98. The highest BCUT2D eigenvalue weighted by Gasteiger charge is 2.07. The van der Waals surface area contributed by atoms with Crippen LogP contribution in [0.4, 0.5) is 5.69 Å². The molecule has 1 aromatic carbocycles. The summed E-state index contributed by atoms with van der Waals surface area (Å²) in [6.07, 6.45) is 3.22. The number of nitrogens with one attached hydrogen (secondary N) is 1. The molecule has 1 N–H and O–H groups in total. The molecule has 19 heavy (non-hydrogen) atoms. The van der Waals surface area contributed by atoms with E-state index in [4.69, 9.17) is 0 Å². The standard InChI is InChI=1S/C12H9N5OS/c18-12(11-7-19-8-13-11)16-9-1-3-10(4-2-9)17-14-5-6-15-17/h1-8H,(H,16,18). The maximum Gasteiger partial charge on any atom is 0.275 e. The Morgan fingerprint density at radius 2 is 1.89 bits per heavy atom. The first-order valence-corrected chi connectivity index (χ1v) is 6.43. The number of nitrogens with zero attached hydrogens (tertiary/aromatic N) is 4. The average Bonchev–Trinajstić information content (AvgIpc) is 3.13. The van der Waals surface area contributed by atoms with E-state index in [1.54, 1.807) is 35.4 Å². The molecule has 94 valence electrons. The summed E-state index contributed by atoms with van der Waals surface area (Å²) in [4.78, 5) is 17.3. The number of thiazole rings is 1. The molecule has 0 bridgehead atoms. The third-order valence-electron chi connectivity index (χ3n) is 2.44. The van der Waals surface area contributed by atoms with Crippen molar-refractivity contribution in [3.05, 3.63) is 53.2 Å². The van der Waals surface area contributed by atoms with Gasteiger partial charge in [0.1, 0.15) is 5.69 Å². The molecule has 0 spiro atoms. The molecule has 2 aromatic heterocycles. The zero-order chi connectivity index (χ0) is 13.1. The lowest BCUT2D eigenvalue weighted by molar-refractivity contribution is 0.102. The molecule has 0 aliphatic carbocycles. The highest BCUT2D eigenvalue weighted by molar-refractivity contribution is 7.07. The molecule has 2 heterocycles. The number of anilines is 1. The minimum absolute atomic E-state index is 0.216. The topological polar surface area (TPSA) is 72.7 Å². The van der Waals surface area contributed by atoms with E-state index >= 15 is 0 Å². The maximum absolute atomic E-state index is 11.8. The second-order valence-electron chi connectivity index (χ2n) is 3.69. The molecule has 0 saturated carbocycles. The van der Waals surface area contributed by atoms with E-state index in [2.05, 4.69) is 20.5 Å². The van der Waals surface area contributed by atoms with Crippen molar-refractivity contribution in [2.75, 3.05) is 5.32 Å². The quantitative estimate of drug-likeness (QED) is 0.790. The summed E-state index contributed by atoms with van der Waals surface area (Å²) < 4.78 is 0. The summed E-state index contributed by atoms with van der Waals surface area (Å²) in [5, 5.41) is 12.5. The molecule has 0 saturated heterocycles. The van der Waals surface area contributed by atoms with Gasteiger partial charge in [-0.15, -0.1) is 11.3 Å². The fourth-order valence-corrected chi connectivity index (χ4v) is 2.08. The molecule has 0 unspecified atom stereocenters. The molecule has 7 heteroatoms. The Bertz CT molecular complexity index is 661. The maximum atomic E-state index is 11.8. The van der Waals surface area contributed by atoms with Crippen LogP contribution >= 0.6 is 11.3 Å². The third kappa shape index (κ3) is 2.50. The minimum atomic E-state index is -0.216. The van der Waals surface area contributed by atoms with E-state index in [1.165, 1.54) is 16.1 Å². The second-order valence-corrected chi connectivity index (χ2v) is 4.41. The van der Waals surface area contributed by atoms with Crippen LogP contribution in [-0.4, -0.2) is 25.9 Å². The summed E-state index contributed by atoms with van der Waals surface area (Å²) in [7, 11) is 0. The minimum Gasteiger partial charge on any atom is -0.321 e. The number of hydrogen-bond acceptors (Lipinski definition) is 5. The van der Waals surface area contributed by atoms with Crippen LogP contribution in [0.25, 0.3) is 5.69 Å². The molecule has 0 aliphatic rings. The van der Waals surface area contributed by atoms with Gasteiger partial charge in [0.2, 0.25) is 0 Å². The van der Waals surface area contributed by atoms with Crippen LogP contribution in [0.3, 0.4) is 0 Å². The van der Waals surface area contributed by atoms with Crippen molar-refractivity contribution in [3.63, 3.8) is 0 Å². The first-order chi connectivity index (χ1) is 9.33. The van der Waals surface area contributed by atoms with Crippen molar-refractivity contribution in [2.24, 2.45) is 0 Å². The van der Waals surface area contributed by atoms with Crippen LogP contribution < -0.4 is 5.32 Å². The van der Waals surface area contributed by atoms with E-state index in [9.17, 15) is 4.79 Å². The first kappa shape index (κ1) is 11.5. The third-order valence-corrected chi connectivity index (χ3v) is 3.03. The Kier molecular flexibility index (Phi) is 3.03. The molecule has 3 rings (SSSR count). The smallest absolute Gasteiger partial charge is 0.275 e. The number of carbonyl (C=O) groups excluding carboxylic acids is 1. The molecule has 6 nitrogen and oxygen atoms in total. The number of benzene rings is 1. The van der Waals surface area contributed by atoms with Gasteiger partial charge in [-0.05, 0) is 24.3 Å². The van der Waals surface area contributed by atoms with E-state index in [1.807, 2.05) is 12.1 Å². The summed E-state index contributed by atoms with van der Waals surface area (Å²) >= 11 is 1.39.